The molecule has 1 heterocycles. The van der Waals surface area contributed by atoms with Crippen LogP contribution in [0.1, 0.15) is 16.7 Å². The summed E-state index contributed by atoms with van der Waals surface area (Å²) in [5.41, 5.74) is 2.89. The molecule has 104 valence electrons. The van der Waals surface area contributed by atoms with Gasteiger partial charge in [0.25, 0.3) is 0 Å². The second-order valence-electron chi connectivity index (χ2n) is 4.72. The Morgan fingerprint density at radius 3 is 2.52 bits per heavy atom. The zero-order valence-corrected chi connectivity index (χ0v) is 12.1. The van der Waals surface area contributed by atoms with Gasteiger partial charge < -0.3 is 4.74 Å². The molecule has 0 atom stereocenters. The highest BCUT2D eigenvalue weighted by atomic mass is 35.5. The summed E-state index contributed by atoms with van der Waals surface area (Å²) in [6, 6.07) is 14.9. The Morgan fingerprint density at radius 1 is 1.10 bits per heavy atom. The first-order chi connectivity index (χ1) is 10.1. The summed E-state index contributed by atoms with van der Waals surface area (Å²) >= 11 is 6.08. The minimum atomic E-state index is -0.467. The van der Waals surface area contributed by atoms with Gasteiger partial charge in [0.1, 0.15) is 0 Å². The number of hydrogen-bond acceptors (Lipinski definition) is 3. The molecule has 1 aliphatic heterocycles. The standard InChI is InChI=1S/C17H12ClNO2/c1-11-6-8-12(9-7-11)16-19-15(17(20)21-16)10-13-4-2-3-5-14(13)18/h2-10H,1H3/b15-10-. The van der Waals surface area contributed by atoms with Gasteiger partial charge in [0.2, 0.25) is 5.90 Å². The SMILES string of the molecule is Cc1ccc(C2=N/C(=C\c3ccccc3Cl)C(=O)O2)cc1. The number of hydrogen-bond donors (Lipinski definition) is 0. The Labute approximate surface area is 127 Å². The molecule has 4 heteroatoms. The van der Waals surface area contributed by atoms with Crippen molar-refractivity contribution in [3.8, 4) is 0 Å². The minimum absolute atomic E-state index is 0.249. The van der Waals surface area contributed by atoms with Gasteiger partial charge in [-0.25, -0.2) is 9.79 Å². The third-order valence-electron chi connectivity index (χ3n) is 3.12. The molecule has 0 amide bonds. The van der Waals surface area contributed by atoms with Crippen molar-refractivity contribution in [1.82, 2.24) is 0 Å². The molecule has 0 spiro atoms. The van der Waals surface area contributed by atoms with Crippen molar-refractivity contribution in [2.75, 3.05) is 0 Å². The number of esters is 1. The molecular formula is C17H12ClNO2. The highest BCUT2D eigenvalue weighted by Crippen LogP contribution is 2.23. The van der Waals surface area contributed by atoms with Crippen molar-refractivity contribution < 1.29 is 9.53 Å². The molecular weight excluding hydrogens is 286 g/mol. The van der Waals surface area contributed by atoms with E-state index in [2.05, 4.69) is 4.99 Å². The summed E-state index contributed by atoms with van der Waals surface area (Å²) in [6.07, 6.45) is 1.63. The summed E-state index contributed by atoms with van der Waals surface area (Å²) in [5, 5.41) is 0.566. The molecule has 0 unspecified atom stereocenters. The third-order valence-corrected chi connectivity index (χ3v) is 3.46. The van der Waals surface area contributed by atoms with Crippen LogP contribution in [-0.2, 0) is 9.53 Å². The van der Waals surface area contributed by atoms with Crippen molar-refractivity contribution in [2.24, 2.45) is 4.99 Å². The number of benzene rings is 2. The first-order valence-electron chi connectivity index (χ1n) is 6.47. The first-order valence-corrected chi connectivity index (χ1v) is 6.85. The van der Waals surface area contributed by atoms with E-state index in [0.29, 0.717) is 10.9 Å². The lowest BCUT2D eigenvalue weighted by Crippen LogP contribution is -2.05. The molecule has 0 bridgehead atoms. The van der Waals surface area contributed by atoms with Crippen LogP contribution in [0.25, 0.3) is 6.08 Å². The van der Waals surface area contributed by atoms with E-state index in [0.717, 1.165) is 16.7 Å². The van der Waals surface area contributed by atoms with Crippen LogP contribution in [0.2, 0.25) is 5.02 Å². The average Bonchev–Trinajstić information content (AvgIpc) is 2.83. The minimum Gasteiger partial charge on any atom is -0.402 e. The van der Waals surface area contributed by atoms with E-state index in [1.165, 1.54) is 0 Å². The highest BCUT2D eigenvalue weighted by Gasteiger charge is 2.24. The zero-order chi connectivity index (χ0) is 14.8. The monoisotopic (exact) mass is 297 g/mol. The Hall–Kier alpha value is -2.39. The number of rotatable bonds is 2. The van der Waals surface area contributed by atoms with Crippen molar-refractivity contribution in [3.05, 3.63) is 75.9 Å². The number of aliphatic imine (C=N–C) groups is 1. The molecule has 2 aromatic carbocycles. The van der Waals surface area contributed by atoms with E-state index in [1.807, 2.05) is 49.4 Å². The van der Waals surface area contributed by atoms with E-state index in [4.69, 9.17) is 16.3 Å². The predicted octanol–water partition coefficient (Wildman–Crippen LogP) is 3.99. The molecule has 21 heavy (non-hydrogen) atoms. The number of ether oxygens (including phenoxy) is 1. The fraction of sp³-hybridized carbons (Fsp3) is 0.0588. The summed E-state index contributed by atoms with van der Waals surface area (Å²) in [4.78, 5) is 16.1. The van der Waals surface area contributed by atoms with Gasteiger partial charge in [-0.15, -0.1) is 0 Å². The zero-order valence-electron chi connectivity index (χ0n) is 11.3. The van der Waals surface area contributed by atoms with E-state index in [-0.39, 0.29) is 5.70 Å². The fourth-order valence-corrected chi connectivity index (χ4v) is 2.16. The van der Waals surface area contributed by atoms with Crippen LogP contribution >= 0.6 is 11.6 Å². The highest BCUT2D eigenvalue weighted by molar-refractivity contribution is 6.32. The maximum atomic E-state index is 11.9. The van der Waals surface area contributed by atoms with Gasteiger partial charge in [0, 0.05) is 10.6 Å². The van der Waals surface area contributed by atoms with Crippen molar-refractivity contribution >= 4 is 29.5 Å². The number of aryl methyl sites for hydroxylation is 1. The van der Waals surface area contributed by atoms with Crippen molar-refractivity contribution in [3.63, 3.8) is 0 Å². The average molecular weight is 298 g/mol. The smallest absolute Gasteiger partial charge is 0.363 e. The van der Waals surface area contributed by atoms with Gasteiger partial charge in [-0.1, -0.05) is 47.5 Å². The van der Waals surface area contributed by atoms with Gasteiger partial charge in [-0.05, 0) is 36.8 Å². The second kappa shape index (κ2) is 5.54. The van der Waals surface area contributed by atoms with Gasteiger partial charge >= 0.3 is 5.97 Å². The molecule has 3 nitrogen and oxygen atoms in total. The number of cyclic esters (lactones) is 1. The maximum Gasteiger partial charge on any atom is 0.363 e. The Kier molecular flexibility index (Phi) is 3.59. The van der Waals surface area contributed by atoms with E-state index < -0.39 is 5.97 Å². The largest absolute Gasteiger partial charge is 0.402 e. The Balaban J connectivity index is 1.96. The second-order valence-corrected chi connectivity index (χ2v) is 5.13. The van der Waals surface area contributed by atoms with Crippen LogP contribution in [0.5, 0.6) is 0 Å². The molecule has 0 saturated heterocycles. The molecule has 1 aliphatic rings. The van der Waals surface area contributed by atoms with Crippen LogP contribution in [-0.4, -0.2) is 11.9 Å². The molecule has 0 fully saturated rings. The molecule has 2 aromatic rings. The molecule has 0 saturated carbocycles. The predicted molar refractivity (Wildman–Crippen MR) is 83.2 cm³/mol. The number of nitrogens with zero attached hydrogens (tertiary/aromatic N) is 1. The van der Waals surface area contributed by atoms with Crippen molar-refractivity contribution in [1.29, 1.82) is 0 Å². The van der Waals surface area contributed by atoms with Crippen LogP contribution < -0.4 is 0 Å². The normalized spacial score (nSPS) is 16.0. The number of carbonyl (C=O) groups excluding carboxylic acids is 1. The maximum absolute atomic E-state index is 11.9. The Bertz CT molecular complexity index is 761. The van der Waals surface area contributed by atoms with Gasteiger partial charge in [-0.2, -0.15) is 0 Å². The van der Waals surface area contributed by atoms with E-state index in [9.17, 15) is 4.79 Å². The molecule has 0 N–H and O–H groups in total. The van der Waals surface area contributed by atoms with Gasteiger partial charge in [0.05, 0.1) is 0 Å². The lowest BCUT2D eigenvalue weighted by Gasteiger charge is -1.99. The first kappa shape index (κ1) is 13.6. The summed E-state index contributed by atoms with van der Waals surface area (Å²) < 4.78 is 5.21. The van der Waals surface area contributed by atoms with Crippen LogP contribution in [0.3, 0.4) is 0 Å². The van der Waals surface area contributed by atoms with Gasteiger partial charge in [0.15, 0.2) is 5.70 Å². The third kappa shape index (κ3) is 2.88. The fourth-order valence-electron chi connectivity index (χ4n) is 1.97. The van der Waals surface area contributed by atoms with Crippen LogP contribution in [0, 0.1) is 6.92 Å². The quantitative estimate of drug-likeness (QED) is 0.621. The van der Waals surface area contributed by atoms with Crippen molar-refractivity contribution in [2.45, 2.75) is 6.92 Å². The lowest BCUT2D eigenvalue weighted by molar-refractivity contribution is -0.129. The van der Waals surface area contributed by atoms with Crippen LogP contribution in [0.4, 0.5) is 0 Å². The Morgan fingerprint density at radius 2 is 1.81 bits per heavy atom. The molecule has 0 aromatic heterocycles. The number of carbonyl (C=O) groups is 1. The molecule has 0 aliphatic carbocycles. The molecule has 0 radical (unpaired) electrons. The molecule has 3 rings (SSSR count). The number of halogens is 1. The topological polar surface area (TPSA) is 38.7 Å². The van der Waals surface area contributed by atoms with E-state index >= 15 is 0 Å². The van der Waals surface area contributed by atoms with E-state index in [1.54, 1.807) is 12.1 Å². The summed E-state index contributed by atoms with van der Waals surface area (Å²) in [5.74, 6) is -0.149. The summed E-state index contributed by atoms with van der Waals surface area (Å²) in [6.45, 7) is 2.00. The van der Waals surface area contributed by atoms with Gasteiger partial charge in [-0.3, -0.25) is 0 Å². The van der Waals surface area contributed by atoms with Crippen LogP contribution in [0.15, 0.2) is 59.2 Å². The summed E-state index contributed by atoms with van der Waals surface area (Å²) in [7, 11) is 0. The lowest BCUT2D eigenvalue weighted by atomic mass is 10.1.